The van der Waals surface area contributed by atoms with Gasteiger partial charge >= 0.3 is 6.09 Å². The highest BCUT2D eigenvalue weighted by Crippen LogP contribution is 2.30. The maximum atomic E-state index is 12.3. The second-order valence-electron chi connectivity index (χ2n) is 8.05. The Balaban J connectivity index is 0.00000900. The van der Waals surface area contributed by atoms with Crippen molar-refractivity contribution in [2.45, 2.75) is 65.1 Å². The monoisotopic (exact) mass is 550 g/mol. The number of aliphatic imine (C=N–C) groups is 1. The quantitative estimate of drug-likeness (QED) is 0.244. The van der Waals surface area contributed by atoms with Gasteiger partial charge in [-0.05, 0) is 39.7 Å². The number of para-hydroxylation sites is 1. The molecule has 0 aliphatic rings. The molecule has 0 unspecified atom stereocenters. The number of carbonyl (C=O) groups is 1. The number of rotatable bonds is 9. The molecule has 0 aromatic heterocycles. The van der Waals surface area contributed by atoms with Crippen molar-refractivity contribution < 1.29 is 19.0 Å². The van der Waals surface area contributed by atoms with E-state index < -0.39 is 17.2 Å². The van der Waals surface area contributed by atoms with Gasteiger partial charge in [-0.25, -0.2) is 4.79 Å². The van der Waals surface area contributed by atoms with Gasteiger partial charge in [0.25, 0.3) is 0 Å². The first-order valence-electron chi connectivity index (χ1n) is 10.3. The third-order valence-electron chi connectivity index (χ3n) is 4.87. The highest BCUT2D eigenvalue weighted by Gasteiger charge is 2.30. The van der Waals surface area contributed by atoms with Crippen molar-refractivity contribution in [3.05, 3.63) is 23.8 Å². The number of methoxy groups -OCH3 is 2. The molecule has 1 aromatic rings. The highest BCUT2D eigenvalue weighted by molar-refractivity contribution is 14.0. The van der Waals surface area contributed by atoms with Crippen LogP contribution in [0.1, 0.15) is 53.0 Å². The zero-order chi connectivity index (χ0) is 22.8. The molecule has 9 heteroatoms. The molecule has 0 saturated heterocycles. The van der Waals surface area contributed by atoms with Crippen LogP contribution >= 0.6 is 24.0 Å². The molecule has 31 heavy (non-hydrogen) atoms. The van der Waals surface area contributed by atoms with E-state index in [9.17, 15) is 4.79 Å². The second-order valence-corrected chi connectivity index (χ2v) is 8.05. The predicted molar refractivity (Wildman–Crippen MR) is 136 cm³/mol. The van der Waals surface area contributed by atoms with Crippen LogP contribution in [-0.4, -0.2) is 51.0 Å². The number of hydrogen-bond acceptors (Lipinski definition) is 5. The SMILES string of the molecule is CCC(CC)(CNC(=NC)NCc1cccc(OC)c1OC)NC(=O)OC(C)(C)C.I. The molecule has 3 N–H and O–H groups in total. The molecule has 1 aromatic carbocycles. The van der Waals surface area contributed by atoms with Crippen LogP contribution in [0.3, 0.4) is 0 Å². The van der Waals surface area contributed by atoms with Gasteiger partial charge in [-0.1, -0.05) is 26.0 Å². The van der Waals surface area contributed by atoms with E-state index in [0.717, 1.165) is 18.4 Å². The van der Waals surface area contributed by atoms with Gasteiger partial charge in [0.2, 0.25) is 0 Å². The lowest BCUT2D eigenvalue weighted by Crippen LogP contribution is -2.57. The lowest BCUT2D eigenvalue weighted by Gasteiger charge is -2.34. The van der Waals surface area contributed by atoms with Gasteiger partial charge in [-0.3, -0.25) is 4.99 Å². The third-order valence-corrected chi connectivity index (χ3v) is 4.87. The molecule has 8 nitrogen and oxygen atoms in total. The van der Waals surface area contributed by atoms with Crippen LogP contribution in [0.25, 0.3) is 0 Å². The summed E-state index contributed by atoms with van der Waals surface area (Å²) in [6.07, 6.45) is 1.07. The molecular weight excluding hydrogens is 511 g/mol. The lowest BCUT2D eigenvalue weighted by atomic mass is 9.93. The Labute approximate surface area is 203 Å². The Morgan fingerprint density at radius 2 is 1.71 bits per heavy atom. The van der Waals surface area contributed by atoms with Gasteiger partial charge in [0.05, 0.1) is 19.8 Å². The van der Waals surface area contributed by atoms with Crippen LogP contribution < -0.4 is 25.4 Å². The highest BCUT2D eigenvalue weighted by atomic mass is 127. The topological polar surface area (TPSA) is 93.2 Å². The maximum absolute atomic E-state index is 12.3. The molecule has 1 rings (SSSR count). The average molecular weight is 550 g/mol. The number of ether oxygens (including phenoxy) is 3. The first kappa shape index (κ1) is 29.1. The molecular formula is C22H39IN4O4. The van der Waals surface area contributed by atoms with Gasteiger partial charge in [-0.15, -0.1) is 24.0 Å². The van der Waals surface area contributed by atoms with E-state index in [1.54, 1.807) is 21.3 Å². The zero-order valence-corrected chi connectivity index (χ0v) is 22.4. The Hall–Kier alpha value is -1.91. The van der Waals surface area contributed by atoms with Crippen molar-refractivity contribution in [2.24, 2.45) is 4.99 Å². The summed E-state index contributed by atoms with van der Waals surface area (Å²) >= 11 is 0. The van der Waals surface area contributed by atoms with Crippen molar-refractivity contribution >= 4 is 36.0 Å². The molecule has 0 bridgehead atoms. The van der Waals surface area contributed by atoms with Crippen LogP contribution in [0.4, 0.5) is 4.79 Å². The fraction of sp³-hybridized carbons (Fsp3) is 0.636. The van der Waals surface area contributed by atoms with Crippen molar-refractivity contribution in [1.29, 1.82) is 0 Å². The fourth-order valence-electron chi connectivity index (χ4n) is 2.99. The molecule has 1 amide bonds. The van der Waals surface area contributed by atoms with Gasteiger partial charge in [0, 0.05) is 25.7 Å². The van der Waals surface area contributed by atoms with Gasteiger partial charge < -0.3 is 30.2 Å². The van der Waals surface area contributed by atoms with E-state index in [-0.39, 0.29) is 24.0 Å². The Morgan fingerprint density at radius 3 is 2.19 bits per heavy atom. The number of amides is 1. The summed E-state index contributed by atoms with van der Waals surface area (Å²) < 4.78 is 16.3. The van der Waals surface area contributed by atoms with Crippen molar-refractivity contribution in [3.63, 3.8) is 0 Å². The summed E-state index contributed by atoms with van der Waals surface area (Å²) in [5.41, 5.74) is -0.0462. The van der Waals surface area contributed by atoms with E-state index in [1.807, 2.05) is 52.8 Å². The number of alkyl carbamates (subject to hydrolysis) is 1. The van der Waals surface area contributed by atoms with E-state index in [1.165, 1.54) is 0 Å². The predicted octanol–water partition coefficient (Wildman–Crippen LogP) is 4.07. The molecule has 0 heterocycles. The molecule has 0 spiro atoms. The average Bonchev–Trinajstić information content (AvgIpc) is 2.71. The van der Waals surface area contributed by atoms with Gasteiger partial charge in [0.1, 0.15) is 5.60 Å². The molecule has 0 aliphatic carbocycles. The van der Waals surface area contributed by atoms with Crippen LogP contribution in [0.2, 0.25) is 0 Å². The minimum atomic E-state index is -0.544. The standard InChI is InChI=1S/C22H38N4O4.HI/c1-9-22(10-2,26-20(27)30-21(3,4)5)15-25-19(23-6)24-14-16-12-11-13-17(28-7)18(16)29-8;/h11-13H,9-10,14-15H2,1-8H3,(H,26,27)(H2,23,24,25);1H. The largest absolute Gasteiger partial charge is 0.493 e. The first-order chi connectivity index (χ1) is 14.1. The number of nitrogens with zero attached hydrogens (tertiary/aromatic N) is 1. The van der Waals surface area contributed by atoms with Crippen LogP contribution in [0.5, 0.6) is 11.5 Å². The zero-order valence-electron chi connectivity index (χ0n) is 20.0. The van der Waals surface area contributed by atoms with Crippen molar-refractivity contribution in [1.82, 2.24) is 16.0 Å². The van der Waals surface area contributed by atoms with Crippen LogP contribution in [0.15, 0.2) is 23.2 Å². The van der Waals surface area contributed by atoms with E-state index in [2.05, 4.69) is 20.9 Å². The number of hydrogen-bond donors (Lipinski definition) is 3. The molecule has 0 saturated carbocycles. The molecule has 0 radical (unpaired) electrons. The number of halogens is 1. The van der Waals surface area contributed by atoms with Crippen LogP contribution in [0, 0.1) is 0 Å². The Morgan fingerprint density at radius 1 is 1.06 bits per heavy atom. The van der Waals surface area contributed by atoms with E-state index in [0.29, 0.717) is 30.5 Å². The fourth-order valence-corrected chi connectivity index (χ4v) is 2.99. The minimum absolute atomic E-state index is 0. The second kappa shape index (κ2) is 13.5. The molecule has 0 aliphatic heterocycles. The van der Waals surface area contributed by atoms with E-state index in [4.69, 9.17) is 14.2 Å². The number of guanidine groups is 1. The minimum Gasteiger partial charge on any atom is -0.493 e. The summed E-state index contributed by atoms with van der Waals surface area (Å²) in [7, 11) is 4.94. The Kier molecular flexibility index (Phi) is 12.7. The van der Waals surface area contributed by atoms with Gasteiger partial charge in [0.15, 0.2) is 17.5 Å². The summed E-state index contributed by atoms with van der Waals surface area (Å²) in [6, 6.07) is 5.74. The summed E-state index contributed by atoms with van der Waals surface area (Å²) in [5, 5.41) is 9.63. The normalized spacial score (nSPS) is 11.8. The lowest BCUT2D eigenvalue weighted by molar-refractivity contribution is 0.0448. The van der Waals surface area contributed by atoms with E-state index >= 15 is 0 Å². The summed E-state index contributed by atoms with van der Waals surface area (Å²) in [6.45, 7) is 10.6. The van der Waals surface area contributed by atoms with Crippen molar-refractivity contribution in [2.75, 3.05) is 27.8 Å². The van der Waals surface area contributed by atoms with Gasteiger partial charge in [-0.2, -0.15) is 0 Å². The molecule has 178 valence electrons. The van der Waals surface area contributed by atoms with Crippen LogP contribution in [-0.2, 0) is 11.3 Å². The number of carbonyl (C=O) groups excluding carboxylic acids is 1. The van der Waals surface area contributed by atoms with Crippen molar-refractivity contribution in [3.8, 4) is 11.5 Å². The first-order valence-corrected chi connectivity index (χ1v) is 10.3. The number of nitrogens with one attached hydrogen (secondary N) is 3. The Bertz CT molecular complexity index is 716. The third kappa shape index (κ3) is 9.40. The number of benzene rings is 1. The summed E-state index contributed by atoms with van der Waals surface area (Å²) in [5.74, 6) is 1.99. The smallest absolute Gasteiger partial charge is 0.408 e. The maximum Gasteiger partial charge on any atom is 0.408 e. The summed E-state index contributed by atoms with van der Waals surface area (Å²) in [4.78, 5) is 16.6. The molecule has 0 fully saturated rings. The molecule has 0 atom stereocenters.